The van der Waals surface area contributed by atoms with Gasteiger partial charge in [0.1, 0.15) is 0 Å². The van der Waals surface area contributed by atoms with Gasteiger partial charge in [0.05, 0.1) is 0 Å². The molecule has 1 atom stereocenters. The van der Waals surface area contributed by atoms with E-state index in [2.05, 4.69) is 4.98 Å². The Morgan fingerprint density at radius 2 is 2.31 bits per heavy atom. The van der Waals surface area contributed by atoms with Gasteiger partial charge in [0.15, 0.2) is 5.78 Å². The van der Waals surface area contributed by atoms with E-state index in [0.29, 0.717) is 12.1 Å². The molecule has 1 rings (SSSR count). The minimum atomic E-state index is -0.122. The van der Waals surface area contributed by atoms with Crippen molar-refractivity contribution in [1.29, 1.82) is 0 Å². The van der Waals surface area contributed by atoms with Crippen LogP contribution in [0.5, 0.6) is 0 Å². The van der Waals surface area contributed by atoms with Gasteiger partial charge in [0.25, 0.3) is 0 Å². The second-order valence-corrected chi connectivity index (χ2v) is 3.25. The van der Waals surface area contributed by atoms with Crippen molar-refractivity contribution in [2.75, 3.05) is 6.54 Å². The van der Waals surface area contributed by atoms with E-state index in [-0.39, 0.29) is 11.7 Å². The van der Waals surface area contributed by atoms with Gasteiger partial charge in [-0.05, 0) is 18.6 Å². The lowest BCUT2D eigenvalue weighted by molar-refractivity contribution is 0.0934. The highest BCUT2D eigenvalue weighted by Crippen LogP contribution is 2.07. The minimum absolute atomic E-state index is 0.0682. The molecular formula is C10H14N2O. The lowest BCUT2D eigenvalue weighted by Crippen LogP contribution is -2.20. The molecule has 3 nitrogen and oxygen atoms in total. The van der Waals surface area contributed by atoms with Crippen molar-refractivity contribution >= 4 is 5.78 Å². The predicted molar refractivity (Wildman–Crippen MR) is 51.5 cm³/mol. The summed E-state index contributed by atoms with van der Waals surface area (Å²) in [6.45, 7) is 4.12. The predicted octanol–water partition coefficient (Wildman–Crippen LogP) is 1.17. The number of aryl methyl sites for hydroxylation is 1. The van der Waals surface area contributed by atoms with Crippen LogP contribution in [0.2, 0.25) is 0 Å². The Morgan fingerprint density at radius 1 is 1.62 bits per heavy atom. The molecule has 1 unspecified atom stereocenters. The number of Topliss-reactive ketones (excluding diaryl/α,β-unsaturated/α-hetero) is 1. The van der Waals surface area contributed by atoms with Gasteiger partial charge in [-0.15, -0.1) is 0 Å². The Balaban J connectivity index is 2.89. The summed E-state index contributed by atoms with van der Waals surface area (Å²) in [5.41, 5.74) is 7.05. The van der Waals surface area contributed by atoms with E-state index < -0.39 is 0 Å². The summed E-state index contributed by atoms with van der Waals surface area (Å²) in [5.74, 6) is -0.0534. The molecule has 1 aromatic heterocycles. The van der Waals surface area contributed by atoms with Crippen LogP contribution in [0.15, 0.2) is 18.5 Å². The first-order valence-electron chi connectivity index (χ1n) is 4.31. The maximum atomic E-state index is 11.6. The molecule has 0 aliphatic heterocycles. The van der Waals surface area contributed by atoms with Gasteiger partial charge in [-0.1, -0.05) is 6.92 Å². The van der Waals surface area contributed by atoms with E-state index in [1.165, 1.54) is 0 Å². The summed E-state index contributed by atoms with van der Waals surface area (Å²) < 4.78 is 0. The van der Waals surface area contributed by atoms with Crippen LogP contribution in [0.25, 0.3) is 0 Å². The fourth-order valence-corrected chi connectivity index (χ4v) is 1.08. The van der Waals surface area contributed by atoms with E-state index in [0.717, 1.165) is 5.56 Å². The van der Waals surface area contributed by atoms with Crippen LogP contribution in [-0.4, -0.2) is 17.3 Å². The van der Waals surface area contributed by atoms with E-state index in [4.69, 9.17) is 5.73 Å². The van der Waals surface area contributed by atoms with Gasteiger partial charge in [0.2, 0.25) is 0 Å². The number of ketones is 1. The van der Waals surface area contributed by atoms with Crippen molar-refractivity contribution < 1.29 is 4.79 Å². The van der Waals surface area contributed by atoms with E-state index in [1.54, 1.807) is 12.4 Å². The molecule has 3 heteroatoms. The highest BCUT2D eigenvalue weighted by atomic mass is 16.1. The van der Waals surface area contributed by atoms with Crippen molar-refractivity contribution in [2.24, 2.45) is 11.7 Å². The first kappa shape index (κ1) is 9.86. The van der Waals surface area contributed by atoms with E-state index >= 15 is 0 Å². The third kappa shape index (κ3) is 2.36. The molecule has 0 spiro atoms. The quantitative estimate of drug-likeness (QED) is 0.707. The average molecular weight is 178 g/mol. The van der Waals surface area contributed by atoms with Crippen molar-refractivity contribution in [3.05, 3.63) is 29.6 Å². The third-order valence-corrected chi connectivity index (χ3v) is 1.96. The van der Waals surface area contributed by atoms with E-state index in [1.807, 2.05) is 19.9 Å². The normalized spacial score (nSPS) is 12.5. The Morgan fingerprint density at radius 3 is 2.85 bits per heavy atom. The standard InChI is InChI=1S/C10H14N2O/c1-7-3-9(6-12-5-7)10(13)8(2)4-11/h3,5-6,8H,4,11H2,1-2H3. The maximum Gasteiger partial charge on any atom is 0.168 e. The fourth-order valence-electron chi connectivity index (χ4n) is 1.08. The Bertz CT molecular complexity index is 310. The topological polar surface area (TPSA) is 56.0 Å². The molecule has 2 N–H and O–H groups in total. The van der Waals surface area contributed by atoms with Gasteiger partial charge in [0, 0.05) is 30.4 Å². The van der Waals surface area contributed by atoms with Crippen LogP contribution < -0.4 is 5.73 Å². The second kappa shape index (κ2) is 4.14. The monoisotopic (exact) mass is 178 g/mol. The van der Waals surface area contributed by atoms with Crippen LogP contribution in [0, 0.1) is 12.8 Å². The third-order valence-electron chi connectivity index (χ3n) is 1.96. The number of rotatable bonds is 3. The molecule has 70 valence electrons. The molecule has 0 aliphatic carbocycles. The Kier molecular flexibility index (Phi) is 3.14. The largest absolute Gasteiger partial charge is 0.330 e. The number of pyridine rings is 1. The van der Waals surface area contributed by atoms with Crippen LogP contribution >= 0.6 is 0 Å². The summed E-state index contributed by atoms with van der Waals surface area (Å²) in [6, 6.07) is 1.83. The number of nitrogens with two attached hydrogens (primary N) is 1. The number of carbonyl (C=O) groups excluding carboxylic acids is 1. The molecule has 0 aromatic carbocycles. The van der Waals surface area contributed by atoms with Gasteiger partial charge in [-0.25, -0.2) is 0 Å². The number of nitrogens with zero attached hydrogens (tertiary/aromatic N) is 1. The van der Waals surface area contributed by atoms with Crippen molar-refractivity contribution in [2.45, 2.75) is 13.8 Å². The van der Waals surface area contributed by atoms with Crippen LogP contribution in [0.1, 0.15) is 22.8 Å². The molecule has 0 bridgehead atoms. The van der Waals surface area contributed by atoms with Gasteiger partial charge in [-0.3, -0.25) is 9.78 Å². The molecule has 0 fully saturated rings. The zero-order chi connectivity index (χ0) is 9.84. The summed E-state index contributed by atoms with van der Waals surface area (Å²) in [4.78, 5) is 15.6. The first-order chi connectivity index (χ1) is 6.15. The van der Waals surface area contributed by atoms with E-state index in [9.17, 15) is 4.79 Å². The number of carbonyl (C=O) groups is 1. The molecule has 0 aliphatic rings. The molecule has 0 amide bonds. The number of hydrogen-bond acceptors (Lipinski definition) is 3. The summed E-state index contributed by atoms with van der Waals surface area (Å²) in [7, 11) is 0. The van der Waals surface area contributed by atoms with Crippen LogP contribution in [-0.2, 0) is 0 Å². The zero-order valence-corrected chi connectivity index (χ0v) is 7.95. The van der Waals surface area contributed by atoms with Crippen LogP contribution in [0.4, 0.5) is 0 Å². The van der Waals surface area contributed by atoms with Gasteiger partial charge < -0.3 is 5.73 Å². The Labute approximate surface area is 78.0 Å². The molecule has 0 saturated heterocycles. The fraction of sp³-hybridized carbons (Fsp3) is 0.400. The van der Waals surface area contributed by atoms with Crippen molar-refractivity contribution in [1.82, 2.24) is 4.98 Å². The molecule has 13 heavy (non-hydrogen) atoms. The second-order valence-electron chi connectivity index (χ2n) is 3.25. The highest BCUT2D eigenvalue weighted by Gasteiger charge is 2.13. The lowest BCUT2D eigenvalue weighted by atomic mass is 10.0. The van der Waals surface area contributed by atoms with Crippen molar-refractivity contribution in [3.8, 4) is 0 Å². The number of aromatic nitrogens is 1. The molecule has 1 heterocycles. The maximum absolute atomic E-state index is 11.6. The molecule has 0 radical (unpaired) electrons. The highest BCUT2D eigenvalue weighted by molar-refractivity contribution is 5.97. The first-order valence-corrected chi connectivity index (χ1v) is 4.31. The number of hydrogen-bond donors (Lipinski definition) is 1. The van der Waals surface area contributed by atoms with Gasteiger partial charge in [-0.2, -0.15) is 0 Å². The summed E-state index contributed by atoms with van der Waals surface area (Å²) in [6.07, 6.45) is 3.31. The minimum Gasteiger partial charge on any atom is -0.330 e. The van der Waals surface area contributed by atoms with Gasteiger partial charge >= 0.3 is 0 Å². The smallest absolute Gasteiger partial charge is 0.168 e. The lowest BCUT2D eigenvalue weighted by Gasteiger charge is -2.06. The zero-order valence-electron chi connectivity index (χ0n) is 7.95. The Hall–Kier alpha value is -1.22. The molecule has 0 saturated carbocycles. The summed E-state index contributed by atoms with van der Waals surface area (Å²) >= 11 is 0. The SMILES string of the molecule is Cc1cncc(C(=O)C(C)CN)c1. The van der Waals surface area contributed by atoms with Crippen LogP contribution in [0.3, 0.4) is 0 Å². The van der Waals surface area contributed by atoms with Crippen molar-refractivity contribution in [3.63, 3.8) is 0 Å². The average Bonchev–Trinajstić information content (AvgIpc) is 2.15. The molecule has 1 aromatic rings. The summed E-state index contributed by atoms with van der Waals surface area (Å²) in [5, 5.41) is 0. The molecular weight excluding hydrogens is 164 g/mol.